The van der Waals surface area contributed by atoms with E-state index in [-0.39, 0.29) is 0 Å². The molecule has 1 aliphatic carbocycles. The number of nitrogens with one attached hydrogen (secondary N) is 1. The van der Waals surface area contributed by atoms with Crippen molar-refractivity contribution in [3.8, 4) is 5.75 Å². The van der Waals surface area contributed by atoms with Gasteiger partial charge in [-0.2, -0.15) is 0 Å². The third-order valence-electron chi connectivity index (χ3n) is 3.20. The molecule has 1 aromatic rings. The molecule has 0 amide bonds. The van der Waals surface area contributed by atoms with E-state index in [1.807, 2.05) is 30.3 Å². The molecule has 88 valence electrons. The van der Waals surface area contributed by atoms with Gasteiger partial charge in [-0.1, -0.05) is 31.0 Å². The van der Waals surface area contributed by atoms with Gasteiger partial charge in [0.2, 0.25) is 0 Å². The van der Waals surface area contributed by atoms with Gasteiger partial charge in [0.05, 0.1) is 6.61 Å². The van der Waals surface area contributed by atoms with E-state index >= 15 is 0 Å². The summed E-state index contributed by atoms with van der Waals surface area (Å²) >= 11 is 0. The van der Waals surface area contributed by atoms with Gasteiger partial charge in [0, 0.05) is 6.04 Å². The Kier molecular flexibility index (Phi) is 4.23. The molecule has 2 rings (SSSR count). The van der Waals surface area contributed by atoms with Crippen molar-refractivity contribution in [1.29, 1.82) is 0 Å². The van der Waals surface area contributed by atoms with Crippen LogP contribution >= 0.6 is 0 Å². The van der Waals surface area contributed by atoms with E-state index in [0.29, 0.717) is 6.04 Å². The van der Waals surface area contributed by atoms with Gasteiger partial charge in [-0.05, 0) is 37.9 Å². The van der Waals surface area contributed by atoms with Crippen molar-refractivity contribution in [3.05, 3.63) is 30.3 Å². The van der Waals surface area contributed by atoms with Crippen LogP contribution in [0.2, 0.25) is 0 Å². The molecule has 16 heavy (non-hydrogen) atoms. The fourth-order valence-electron chi connectivity index (χ4n) is 1.97. The lowest BCUT2D eigenvalue weighted by Gasteiger charge is -2.16. The van der Waals surface area contributed by atoms with Crippen LogP contribution in [0.25, 0.3) is 0 Å². The molecule has 1 aromatic carbocycles. The Morgan fingerprint density at radius 2 is 2.06 bits per heavy atom. The van der Waals surface area contributed by atoms with Crippen LogP contribution < -0.4 is 10.1 Å². The summed E-state index contributed by atoms with van der Waals surface area (Å²) in [6.45, 7) is 0.808. The smallest absolute Gasteiger partial charge is 0.119 e. The van der Waals surface area contributed by atoms with E-state index in [9.17, 15) is 0 Å². The Balaban J connectivity index is 1.65. The molecule has 0 spiro atoms. The van der Waals surface area contributed by atoms with Crippen LogP contribution in [0.15, 0.2) is 30.3 Å². The molecule has 1 fully saturated rings. The molecule has 2 nitrogen and oxygen atoms in total. The molecule has 0 saturated heterocycles. The molecule has 1 atom stereocenters. The molecular formula is C14H21NO. The first-order valence-corrected chi connectivity index (χ1v) is 6.23. The third kappa shape index (κ3) is 3.86. The first-order valence-electron chi connectivity index (χ1n) is 6.23. The second-order valence-electron chi connectivity index (χ2n) is 4.61. The van der Waals surface area contributed by atoms with Crippen molar-refractivity contribution in [1.82, 2.24) is 5.32 Å². The summed E-state index contributed by atoms with van der Waals surface area (Å²) in [6.07, 6.45) is 5.27. The predicted molar refractivity (Wildman–Crippen MR) is 66.7 cm³/mol. The SMILES string of the molecule is CNC(CCOc1ccccc1)CC1CC1. The fourth-order valence-corrected chi connectivity index (χ4v) is 1.97. The lowest BCUT2D eigenvalue weighted by molar-refractivity contribution is 0.282. The number of hydrogen-bond donors (Lipinski definition) is 1. The summed E-state index contributed by atoms with van der Waals surface area (Å²) < 4.78 is 5.70. The minimum atomic E-state index is 0.621. The Hall–Kier alpha value is -1.02. The molecule has 0 aliphatic heterocycles. The predicted octanol–water partition coefficient (Wildman–Crippen LogP) is 2.84. The van der Waals surface area contributed by atoms with E-state index < -0.39 is 0 Å². The van der Waals surface area contributed by atoms with Gasteiger partial charge in [-0.25, -0.2) is 0 Å². The average Bonchev–Trinajstić information content (AvgIpc) is 3.13. The van der Waals surface area contributed by atoms with Crippen molar-refractivity contribution in [2.75, 3.05) is 13.7 Å². The number of benzene rings is 1. The maximum absolute atomic E-state index is 5.70. The molecule has 0 bridgehead atoms. The minimum Gasteiger partial charge on any atom is -0.494 e. The van der Waals surface area contributed by atoms with Gasteiger partial charge in [0.25, 0.3) is 0 Å². The van der Waals surface area contributed by atoms with E-state index in [1.54, 1.807) is 0 Å². The van der Waals surface area contributed by atoms with Gasteiger partial charge in [0.1, 0.15) is 5.75 Å². The lowest BCUT2D eigenvalue weighted by atomic mass is 10.1. The van der Waals surface area contributed by atoms with Gasteiger partial charge >= 0.3 is 0 Å². The van der Waals surface area contributed by atoms with Crippen molar-refractivity contribution in [3.63, 3.8) is 0 Å². The molecule has 1 aliphatic rings. The average molecular weight is 219 g/mol. The summed E-state index contributed by atoms with van der Waals surface area (Å²) in [5.41, 5.74) is 0. The highest BCUT2D eigenvalue weighted by molar-refractivity contribution is 5.20. The number of hydrogen-bond acceptors (Lipinski definition) is 2. The highest BCUT2D eigenvalue weighted by Gasteiger charge is 2.24. The molecule has 0 aromatic heterocycles. The zero-order chi connectivity index (χ0) is 11.2. The molecule has 1 saturated carbocycles. The highest BCUT2D eigenvalue weighted by Crippen LogP contribution is 2.33. The summed E-state index contributed by atoms with van der Waals surface area (Å²) in [5, 5.41) is 3.38. The van der Waals surface area contributed by atoms with E-state index in [2.05, 4.69) is 12.4 Å². The number of rotatable bonds is 7. The van der Waals surface area contributed by atoms with Crippen LogP contribution in [0.4, 0.5) is 0 Å². The Morgan fingerprint density at radius 1 is 1.31 bits per heavy atom. The molecule has 1 unspecified atom stereocenters. The van der Waals surface area contributed by atoms with Crippen molar-refractivity contribution in [2.24, 2.45) is 5.92 Å². The van der Waals surface area contributed by atoms with Crippen LogP contribution in [0.1, 0.15) is 25.7 Å². The topological polar surface area (TPSA) is 21.3 Å². The minimum absolute atomic E-state index is 0.621. The molecule has 0 radical (unpaired) electrons. The zero-order valence-corrected chi connectivity index (χ0v) is 9.99. The van der Waals surface area contributed by atoms with E-state index in [4.69, 9.17) is 4.74 Å². The standard InChI is InChI=1S/C14H21NO/c1-15-13(11-12-7-8-12)9-10-16-14-5-3-2-4-6-14/h2-6,12-13,15H,7-11H2,1H3. The number of para-hydroxylation sites is 1. The molecule has 2 heteroatoms. The molecule has 0 heterocycles. The Labute approximate surface area is 98.0 Å². The first-order chi connectivity index (χ1) is 7.88. The lowest BCUT2D eigenvalue weighted by Crippen LogP contribution is -2.27. The number of ether oxygens (including phenoxy) is 1. The normalized spacial score (nSPS) is 17.1. The largest absolute Gasteiger partial charge is 0.494 e. The summed E-state index contributed by atoms with van der Waals surface area (Å²) in [5.74, 6) is 1.96. The van der Waals surface area contributed by atoms with Crippen LogP contribution in [-0.4, -0.2) is 19.7 Å². The second-order valence-corrected chi connectivity index (χ2v) is 4.61. The summed E-state index contributed by atoms with van der Waals surface area (Å²) in [7, 11) is 2.05. The van der Waals surface area contributed by atoms with Gasteiger partial charge in [0.15, 0.2) is 0 Å². The van der Waals surface area contributed by atoms with Gasteiger partial charge in [-0.3, -0.25) is 0 Å². The quantitative estimate of drug-likeness (QED) is 0.761. The van der Waals surface area contributed by atoms with Crippen LogP contribution in [0.5, 0.6) is 5.75 Å². The summed E-state index contributed by atoms with van der Waals surface area (Å²) in [4.78, 5) is 0. The van der Waals surface area contributed by atoms with Gasteiger partial charge in [-0.15, -0.1) is 0 Å². The van der Waals surface area contributed by atoms with Gasteiger partial charge < -0.3 is 10.1 Å². The zero-order valence-electron chi connectivity index (χ0n) is 9.99. The van der Waals surface area contributed by atoms with E-state index in [1.165, 1.54) is 19.3 Å². The second kappa shape index (κ2) is 5.90. The maximum atomic E-state index is 5.70. The van der Waals surface area contributed by atoms with Crippen molar-refractivity contribution >= 4 is 0 Å². The maximum Gasteiger partial charge on any atom is 0.119 e. The van der Waals surface area contributed by atoms with Crippen LogP contribution in [0, 0.1) is 5.92 Å². The van der Waals surface area contributed by atoms with Crippen molar-refractivity contribution in [2.45, 2.75) is 31.7 Å². The third-order valence-corrected chi connectivity index (χ3v) is 3.20. The monoisotopic (exact) mass is 219 g/mol. The summed E-state index contributed by atoms with van der Waals surface area (Å²) in [6, 6.07) is 10.7. The Morgan fingerprint density at radius 3 is 2.69 bits per heavy atom. The van der Waals surface area contributed by atoms with Crippen LogP contribution in [-0.2, 0) is 0 Å². The fraction of sp³-hybridized carbons (Fsp3) is 0.571. The van der Waals surface area contributed by atoms with Crippen molar-refractivity contribution < 1.29 is 4.74 Å². The van der Waals surface area contributed by atoms with E-state index in [0.717, 1.165) is 24.7 Å². The van der Waals surface area contributed by atoms with Crippen LogP contribution in [0.3, 0.4) is 0 Å². The highest BCUT2D eigenvalue weighted by atomic mass is 16.5. The molecule has 1 N–H and O–H groups in total. The Bertz CT molecular complexity index is 295. The first kappa shape index (κ1) is 11.5. The molecular weight excluding hydrogens is 198 g/mol.